The van der Waals surface area contributed by atoms with E-state index in [1.165, 1.54) is 4.90 Å². The molecule has 2 aliphatic rings. The summed E-state index contributed by atoms with van der Waals surface area (Å²) in [4.78, 5) is 30.6. The van der Waals surface area contributed by atoms with Gasteiger partial charge in [0.25, 0.3) is 11.8 Å². The predicted molar refractivity (Wildman–Crippen MR) is 114 cm³/mol. The van der Waals surface area contributed by atoms with E-state index in [2.05, 4.69) is 4.90 Å². The van der Waals surface area contributed by atoms with Crippen molar-refractivity contribution in [3.05, 3.63) is 64.9 Å². The van der Waals surface area contributed by atoms with E-state index < -0.39 is 0 Å². The average molecular weight is 390 g/mol. The number of imide groups is 1. The molecule has 0 radical (unpaired) electrons. The van der Waals surface area contributed by atoms with Crippen LogP contribution in [-0.4, -0.2) is 36.9 Å². The number of ether oxygens (including phenoxy) is 1. The molecule has 1 saturated heterocycles. The highest BCUT2D eigenvalue weighted by Crippen LogP contribution is 2.39. The molecule has 0 aromatic heterocycles. The van der Waals surface area contributed by atoms with Crippen LogP contribution in [0.1, 0.15) is 36.0 Å². The van der Waals surface area contributed by atoms with E-state index in [9.17, 15) is 9.59 Å². The van der Waals surface area contributed by atoms with Crippen molar-refractivity contribution in [3.8, 4) is 5.75 Å². The van der Waals surface area contributed by atoms with Gasteiger partial charge in [-0.3, -0.25) is 9.59 Å². The van der Waals surface area contributed by atoms with Gasteiger partial charge in [0.2, 0.25) is 0 Å². The van der Waals surface area contributed by atoms with Crippen LogP contribution < -0.4 is 9.64 Å². The molecule has 150 valence electrons. The molecule has 2 heterocycles. The minimum atomic E-state index is -0.287. The zero-order valence-electron chi connectivity index (χ0n) is 17.2. The highest BCUT2D eigenvalue weighted by Gasteiger charge is 2.43. The minimum absolute atomic E-state index is 0.247. The number of benzene rings is 2. The number of amides is 2. The van der Waals surface area contributed by atoms with E-state index in [-0.39, 0.29) is 11.8 Å². The average Bonchev–Trinajstić information content (AvgIpc) is 2.97. The second kappa shape index (κ2) is 7.74. The van der Waals surface area contributed by atoms with Crippen LogP contribution in [-0.2, 0) is 9.59 Å². The number of para-hydroxylation sites is 1. The molecule has 2 aromatic rings. The summed E-state index contributed by atoms with van der Waals surface area (Å²) in [5.74, 6) is 0.0633. The van der Waals surface area contributed by atoms with Crippen molar-refractivity contribution in [3.63, 3.8) is 0 Å². The highest BCUT2D eigenvalue weighted by atomic mass is 16.5. The zero-order chi connectivity index (χ0) is 20.5. The fraction of sp³-hybridized carbons (Fsp3) is 0.333. The van der Waals surface area contributed by atoms with Gasteiger partial charge in [-0.1, -0.05) is 24.3 Å². The van der Waals surface area contributed by atoms with Gasteiger partial charge < -0.3 is 9.64 Å². The van der Waals surface area contributed by atoms with Crippen molar-refractivity contribution in [2.45, 2.75) is 33.1 Å². The van der Waals surface area contributed by atoms with Gasteiger partial charge in [0.05, 0.1) is 18.4 Å². The van der Waals surface area contributed by atoms with Gasteiger partial charge in [-0.15, -0.1) is 0 Å². The van der Waals surface area contributed by atoms with Crippen molar-refractivity contribution in [2.75, 3.05) is 25.1 Å². The topological polar surface area (TPSA) is 49.9 Å². The maximum atomic E-state index is 13.6. The molecule has 29 heavy (non-hydrogen) atoms. The fourth-order valence-electron chi connectivity index (χ4n) is 4.34. The Morgan fingerprint density at radius 3 is 2.17 bits per heavy atom. The molecule has 0 N–H and O–H groups in total. The van der Waals surface area contributed by atoms with E-state index in [4.69, 9.17) is 4.74 Å². The SMILES string of the molecule is COc1ccccc1C1=C(N2CCCCC2)C(=O)N(c2cc(C)cc(C)c2)C1=O. The lowest BCUT2D eigenvalue weighted by molar-refractivity contribution is -0.120. The summed E-state index contributed by atoms with van der Waals surface area (Å²) in [5, 5.41) is 0. The van der Waals surface area contributed by atoms with Crippen LogP contribution in [0.4, 0.5) is 5.69 Å². The Bertz CT molecular complexity index is 983. The van der Waals surface area contributed by atoms with Gasteiger partial charge in [0.15, 0.2) is 0 Å². The number of nitrogens with zero attached hydrogens (tertiary/aromatic N) is 2. The third-order valence-corrected chi connectivity index (χ3v) is 5.57. The van der Waals surface area contributed by atoms with E-state index in [0.717, 1.165) is 43.5 Å². The summed E-state index contributed by atoms with van der Waals surface area (Å²) in [5.41, 5.74) is 4.27. The molecular weight excluding hydrogens is 364 g/mol. The number of hydrogen-bond acceptors (Lipinski definition) is 4. The molecular formula is C24H26N2O3. The summed E-state index contributed by atoms with van der Waals surface area (Å²) in [6.45, 7) is 5.52. The molecule has 0 atom stereocenters. The third kappa shape index (κ3) is 3.41. The molecule has 0 unspecified atom stereocenters. The number of likely N-dealkylation sites (tertiary alicyclic amines) is 1. The second-order valence-electron chi connectivity index (χ2n) is 7.76. The lowest BCUT2D eigenvalue weighted by atomic mass is 10.0. The van der Waals surface area contributed by atoms with Crippen LogP contribution in [0.25, 0.3) is 5.57 Å². The van der Waals surface area contributed by atoms with Gasteiger partial charge in [-0.25, -0.2) is 4.90 Å². The van der Waals surface area contributed by atoms with Crippen molar-refractivity contribution < 1.29 is 14.3 Å². The molecule has 2 aliphatic heterocycles. The summed E-state index contributed by atoms with van der Waals surface area (Å²) >= 11 is 0. The number of carbonyl (C=O) groups is 2. The van der Waals surface area contributed by atoms with Crippen molar-refractivity contribution >= 4 is 23.1 Å². The first-order valence-corrected chi connectivity index (χ1v) is 10.1. The zero-order valence-corrected chi connectivity index (χ0v) is 17.2. The Labute approximate surface area is 171 Å². The van der Waals surface area contributed by atoms with Gasteiger partial charge in [0, 0.05) is 18.7 Å². The number of carbonyl (C=O) groups excluding carboxylic acids is 2. The Kier molecular flexibility index (Phi) is 5.14. The normalized spacial score (nSPS) is 17.3. The predicted octanol–water partition coefficient (Wildman–Crippen LogP) is 4.08. The first-order valence-electron chi connectivity index (χ1n) is 10.1. The molecule has 5 nitrogen and oxygen atoms in total. The van der Waals surface area contributed by atoms with E-state index in [1.54, 1.807) is 7.11 Å². The standard InChI is InChI=1S/C24H26N2O3/c1-16-13-17(2)15-18(14-16)26-23(27)21(19-9-5-6-10-20(19)29-3)22(24(26)28)25-11-7-4-8-12-25/h5-6,9-10,13-15H,4,7-8,11-12H2,1-3H3. The Morgan fingerprint density at radius 2 is 1.52 bits per heavy atom. The van der Waals surface area contributed by atoms with Crippen LogP contribution in [0, 0.1) is 13.8 Å². The highest BCUT2D eigenvalue weighted by molar-refractivity contribution is 6.45. The van der Waals surface area contributed by atoms with Gasteiger partial charge in [0.1, 0.15) is 11.4 Å². The van der Waals surface area contributed by atoms with Crippen LogP contribution in [0.15, 0.2) is 48.2 Å². The van der Waals surface area contributed by atoms with E-state index in [1.807, 2.05) is 56.3 Å². The summed E-state index contributed by atoms with van der Waals surface area (Å²) in [6, 6.07) is 13.2. The molecule has 0 bridgehead atoms. The molecule has 2 aromatic carbocycles. The van der Waals surface area contributed by atoms with Crippen LogP contribution in [0.3, 0.4) is 0 Å². The Balaban J connectivity index is 1.88. The molecule has 1 fully saturated rings. The number of rotatable bonds is 4. The van der Waals surface area contributed by atoms with Gasteiger partial charge >= 0.3 is 0 Å². The Morgan fingerprint density at radius 1 is 0.862 bits per heavy atom. The van der Waals surface area contributed by atoms with E-state index >= 15 is 0 Å². The minimum Gasteiger partial charge on any atom is -0.496 e. The first-order chi connectivity index (χ1) is 14.0. The lowest BCUT2D eigenvalue weighted by Crippen LogP contribution is -2.37. The van der Waals surface area contributed by atoms with Crippen LogP contribution in [0.5, 0.6) is 5.75 Å². The number of piperidine rings is 1. The van der Waals surface area contributed by atoms with Crippen LogP contribution >= 0.6 is 0 Å². The molecule has 2 amide bonds. The molecule has 4 rings (SSSR count). The van der Waals surface area contributed by atoms with Crippen molar-refractivity contribution in [2.24, 2.45) is 0 Å². The first kappa shape index (κ1) is 19.2. The van der Waals surface area contributed by atoms with Crippen LogP contribution in [0.2, 0.25) is 0 Å². The summed E-state index contributed by atoms with van der Waals surface area (Å²) < 4.78 is 5.52. The molecule has 0 saturated carbocycles. The monoisotopic (exact) mass is 390 g/mol. The maximum Gasteiger partial charge on any atom is 0.282 e. The van der Waals surface area contributed by atoms with Crippen molar-refractivity contribution in [1.29, 1.82) is 0 Å². The number of methoxy groups -OCH3 is 1. The largest absolute Gasteiger partial charge is 0.496 e. The second-order valence-corrected chi connectivity index (χ2v) is 7.76. The van der Waals surface area contributed by atoms with Crippen molar-refractivity contribution in [1.82, 2.24) is 4.90 Å². The number of hydrogen-bond donors (Lipinski definition) is 0. The molecule has 5 heteroatoms. The fourth-order valence-corrected chi connectivity index (χ4v) is 4.34. The lowest BCUT2D eigenvalue weighted by Gasteiger charge is -2.29. The van der Waals surface area contributed by atoms with E-state index in [0.29, 0.717) is 28.3 Å². The molecule has 0 spiro atoms. The summed E-state index contributed by atoms with van der Waals surface area (Å²) in [6.07, 6.45) is 3.19. The maximum absolute atomic E-state index is 13.6. The quantitative estimate of drug-likeness (QED) is 0.738. The van der Waals surface area contributed by atoms with Gasteiger partial charge in [-0.2, -0.15) is 0 Å². The van der Waals surface area contributed by atoms with Gasteiger partial charge in [-0.05, 0) is 62.4 Å². The Hall–Kier alpha value is -3.08. The smallest absolute Gasteiger partial charge is 0.282 e. The molecule has 0 aliphatic carbocycles. The summed E-state index contributed by atoms with van der Waals surface area (Å²) in [7, 11) is 1.59. The third-order valence-electron chi connectivity index (χ3n) is 5.57. The number of aryl methyl sites for hydroxylation is 2. The number of anilines is 1.